The lowest BCUT2D eigenvalue weighted by Gasteiger charge is -2.37. The number of likely N-dealkylation sites (N-methyl/N-ethyl adjacent to an activating group) is 1. The third kappa shape index (κ3) is 5.78. The molecule has 0 amide bonds. The number of piperidine rings is 1. The Kier molecular flexibility index (Phi) is 7.39. The highest BCUT2D eigenvalue weighted by Crippen LogP contribution is 2.35. The molecular formula is C24H30F2N6S. The molecule has 9 heteroatoms. The van der Waals surface area contributed by atoms with Gasteiger partial charge in [-0.05, 0) is 67.9 Å². The average molecular weight is 473 g/mol. The Morgan fingerprint density at radius 3 is 2.27 bits per heavy atom. The number of nitrogens with two attached hydrogens (primary N) is 1. The number of hydrogen-bond acceptors (Lipinski definition) is 5. The van der Waals surface area contributed by atoms with Gasteiger partial charge in [-0.3, -0.25) is 5.43 Å². The van der Waals surface area contributed by atoms with Crippen molar-refractivity contribution < 1.29 is 8.78 Å². The molecule has 33 heavy (non-hydrogen) atoms. The highest BCUT2D eigenvalue weighted by molar-refractivity contribution is 7.80. The Morgan fingerprint density at radius 1 is 1.00 bits per heavy atom. The van der Waals surface area contributed by atoms with Gasteiger partial charge in [0, 0.05) is 50.5 Å². The van der Waals surface area contributed by atoms with E-state index in [2.05, 4.69) is 32.3 Å². The topological polar surface area (TPSA) is 60.1 Å². The van der Waals surface area contributed by atoms with Crippen LogP contribution in [0, 0.1) is 11.6 Å². The van der Waals surface area contributed by atoms with Crippen LogP contribution < -0.4 is 21.0 Å². The van der Waals surface area contributed by atoms with E-state index in [4.69, 9.17) is 18.0 Å². The quantitative estimate of drug-likeness (QED) is 0.396. The van der Waals surface area contributed by atoms with Crippen LogP contribution >= 0.6 is 12.2 Å². The van der Waals surface area contributed by atoms with Crippen LogP contribution in [0.2, 0.25) is 0 Å². The zero-order chi connectivity index (χ0) is 23.4. The monoisotopic (exact) mass is 472 g/mol. The van der Waals surface area contributed by atoms with Crippen LogP contribution in [0.1, 0.15) is 29.9 Å². The first kappa shape index (κ1) is 23.4. The number of benzene rings is 2. The average Bonchev–Trinajstić information content (AvgIpc) is 2.80. The molecule has 2 heterocycles. The number of halogens is 2. The maximum Gasteiger partial charge on any atom is 0.184 e. The van der Waals surface area contributed by atoms with Gasteiger partial charge in [-0.2, -0.15) is 5.10 Å². The third-order valence-electron chi connectivity index (χ3n) is 6.50. The number of anilines is 2. The molecule has 0 atom stereocenters. The van der Waals surface area contributed by atoms with Crippen molar-refractivity contribution in [2.75, 3.05) is 56.1 Å². The Labute approximate surface area is 199 Å². The van der Waals surface area contributed by atoms with Crippen LogP contribution in [-0.2, 0) is 0 Å². The van der Waals surface area contributed by atoms with Crippen molar-refractivity contribution in [3.63, 3.8) is 0 Å². The van der Waals surface area contributed by atoms with Crippen molar-refractivity contribution in [1.29, 1.82) is 0 Å². The largest absolute Gasteiger partial charge is 0.375 e. The molecule has 0 bridgehead atoms. The summed E-state index contributed by atoms with van der Waals surface area (Å²) in [5, 5.41) is 4.12. The normalized spacial score (nSPS) is 18.2. The molecular weight excluding hydrogens is 442 g/mol. The van der Waals surface area contributed by atoms with E-state index in [0.29, 0.717) is 17.2 Å². The Bertz CT molecular complexity index is 997. The summed E-state index contributed by atoms with van der Waals surface area (Å²) < 4.78 is 28.5. The number of nitrogens with one attached hydrogen (secondary N) is 1. The predicted octanol–water partition coefficient (Wildman–Crippen LogP) is 3.27. The van der Waals surface area contributed by atoms with E-state index in [9.17, 15) is 4.39 Å². The third-order valence-corrected chi connectivity index (χ3v) is 6.59. The summed E-state index contributed by atoms with van der Waals surface area (Å²) in [4.78, 5) is 6.67. The summed E-state index contributed by atoms with van der Waals surface area (Å²) in [7, 11) is 2.10. The van der Waals surface area contributed by atoms with Gasteiger partial charge < -0.3 is 20.4 Å². The zero-order valence-corrected chi connectivity index (χ0v) is 19.6. The van der Waals surface area contributed by atoms with E-state index in [-0.39, 0.29) is 16.7 Å². The van der Waals surface area contributed by atoms with Crippen molar-refractivity contribution in [2.45, 2.75) is 18.8 Å². The fourth-order valence-corrected chi connectivity index (χ4v) is 4.64. The molecule has 2 aromatic carbocycles. The summed E-state index contributed by atoms with van der Waals surface area (Å²) in [6, 6.07) is 10.2. The van der Waals surface area contributed by atoms with Crippen LogP contribution in [0.15, 0.2) is 41.5 Å². The molecule has 0 unspecified atom stereocenters. The predicted molar refractivity (Wildman–Crippen MR) is 134 cm³/mol. The Balaban J connectivity index is 1.55. The summed E-state index contributed by atoms with van der Waals surface area (Å²) in [5.74, 6) is -0.133. The van der Waals surface area contributed by atoms with Gasteiger partial charge >= 0.3 is 0 Å². The molecule has 3 N–H and O–H groups in total. The molecule has 0 aliphatic carbocycles. The lowest BCUT2D eigenvalue weighted by molar-refractivity contribution is 0.313. The standard InChI is InChI=1S/C24H30F2N6S/c1-30-10-12-32(13-11-30)22-15-23(21(26)14-19(22)16-28-29-24(27)33)31-8-6-18(7-9-31)17-2-4-20(25)5-3-17/h2-5,14-16,18H,6-13H2,1H3,(H3,27,29,33)/b28-16+. The lowest BCUT2D eigenvalue weighted by Crippen LogP contribution is -2.45. The van der Waals surface area contributed by atoms with E-state index in [1.165, 1.54) is 12.1 Å². The second kappa shape index (κ2) is 10.4. The van der Waals surface area contributed by atoms with E-state index < -0.39 is 0 Å². The highest BCUT2D eigenvalue weighted by atomic mass is 32.1. The van der Waals surface area contributed by atoms with Crippen molar-refractivity contribution in [2.24, 2.45) is 10.8 Å². The molecule has 176 valence electrons. The molecule has 4 rings (SSSR count). The summed E-state index contributed by atoms with van der Waals surface area (Å²) >= 11 is 4.80. The first-order valence-corrected chi connectivity index (χ1v) is 11.7. The van der Waals surface area contributed by atoms with Gasteiger partial charge in [0.1, 0.15) is 11.6 Å². The zero-order valence-electron chi connectivity index (χ0n) is 18.8. The van der Waals surface area contributed by atoms with Crippen LogP contribution in [0.5, 0.6) is 0 Å². The van der Waals surface area contributed by atoms with E-state index >= 15 is 4.39 Å². The minimum Gasteiger partial charge on any atom is -0.375 e. The van der Waals surface area contributed by atoms with Gasteiger partial charge in [0.05, 0.1) is 11.9 Å². The van der Waals surface area contributed by atoms with Crippen LogP contribution in [0.25, 0.3) is 0 Å². The van der Waals surface area contributed by atoms with Gasteiger partial charge in [0.15, 0.2) is 5.11 Å². The van der Waals surface area contributed by atoms with Gasteiger partial charge in [-0.15, -0.1) is 0 Å². The molecule has 2 fully saturated rings. The SMILES string of the molecule is CN1CCN(c2cc(N3CCC(c4ccc(F)cc4)CC3)c(F)cc2/C=N/NC(N)=S)CC1. The van der Waals surface area contributed by atoms with Crippen molar-refractivity contribution in [3.05, 3.63) is 59.2 Å². The summed E-state index contributed by atoms with van der Waals surface area (Å²) in [6.07, 6.45) is 3.37. The fraction of sp³-hybridized carbons (Fsp3) is 0.417. The fourth-order valence-electron chi connectivity index (χ4n) is 4.59. The lowest BCUT2D eigenvalue weighted by atomic mass is 9.89. The molecule has 0 radical (unpaired) electrons. The summed E-state index contributed by atoms with van der Waals surface area (Å²) in [6.45, 7) is 5.10. The Morgan fingerprint density at radius 2 is 1.64 bits per heavy atom. The number of thiocarbonyl (C=S) groups is 1. The van der Waals surface area contributed by atoms with Crippen LogP contribution in [0.4, 0.5) is 20.2 Å². The maximum absolute atomic E-state index is 15.3. The van der Waals surface area contributed by atoms with Crippen LogP contribution in [0.3, 0.4) is 0 Å². The number of hydrogen-bond donors (Lipinski definition) is 2. The van der Waals surface area contributed by atoms with Gasteiger partial charge in [-0.1, -0.05) is 12.1 Å². The molecule has 2 aliphatic heterocycles. The molecule has 2 saturated heterocycles. The smallest absolute Gasteiger partial charge is 0.184 e. The molecule has 2 aliphatic rings. The second-order valence-electron chi connectivity index (χ2n) is 8.70. The van der Waals surface area contributed by atoms with E-state index in [1.54, 1.807) is 12.3 Å². The summed E-state index contributed by atoms with van der Waals surface area (Å²) in [5.41, 5.74) is 11.4. The van der Waals surface area contributed by atoms with Crippen molar-refractivity contribution in [3.8, 4) is 0 Å². The number of piperazine rings is 1. The number of rotatable bonds is 5. The van der Waals surface area contributed by atoms with Gasteiger partial charge in [0.25, 0.3) is 0 Å². The number of nitrogens with zero attached hydrogens (tertiary/aromatic N) is 4. The Hall–Kier alpha value is -2.78. The molecule has 0 aromatic heterocycles. The first-order valence-electron chi connectivity index (χ1n) is 11.3. The van der Waals surface area contributed by atoms with E-state index in [0.717, 1.165) is 63.4 Å². The van der Waals surface area contributed by atoms with E-state index in [1.807, 2.05) is 18.2 Å². The van der Waals surface area contributed by atoms with Gasteiger partial charge in [-0.25, -0.2) is 8.78 Å². The van der Waals surface area contributed by atoms with Crippen LogP contribution in [-0.4, -0.2) is 62.5 Å². The molecule has 0 saturated carbocycles. The minimum absolute atomic E-state index is 0.0634. The van der Waals surface area contributed by atoms with Gasteiger partial charge in [0.2, 0.25) is 0 Å². The second-order valence-corrected chi connectivity index (χ2v) is 9.14. The number of hydrazone groups is 1. The maximum atomic E-state index is 15.3. The van der Waals surface area contributed by atoms with Crippen molar-refractivity contribution in [1.82, 2.24) is 10.3 Å². The van der Waals surface area contributed by atoms with Crippen molar-refractivity contribution >= 4 is 34.9 Å². The first-order chi connectivity index (χ1) is 15.9. The molecule has 6 nitrogen and oxygen atoms in total. The molecule has 0 spiro atoms. The minimum atomic E-state index is -0.273. The highest BCUT2D eigenvalue weighted by Gasteiger charge is 2.25. The molecule has 2 aromatic rings.